The van der Waals surface area contributed by atoms with E-state index < -0.39 is 7.12 Å². The predicted octanol–water partition coefficient (Wildman–Crippen LogP) is -0.126. The van der Waals surface area contributed by atoms with Crippen molar-refractivity contribution in [3.05, 3.63) is 0 Å². The average molecular weight is 316 g/mol. The lowest BCUT2D eigenvalue weighted by Crippen LogP contribution is -2.36. The molecule has 0 aromatic rings. The van der Waals surface area contributed by atoms with Crippen LogP contribution in [0.1, 0.15) is 38.5 Å². The van der Waals surface area contributed by atoms with Gasteiger partial charge in [-0.1, -0.05) is 12.8 Å². The maximum atomic E-state index is 8.75. The van der Waals surface area contributed by atoms with Gasteiger partial charge in [-0.15, -0.1) is 0 Å². The first-order valence-electron chi connectivity index (χ1n) is 7.89. The first-order chi connectivity index (χ1) is 10.5. The third-order valence-corrected chi connectivity index (χ3v) is 3.93. The minimum Gasteiger partial charge on any atom is -0.427 e. The zero-order valence-electron chi connectivity index (χ0n) is 13.4. The van der Waals surface area contributed by atoms with E-state index >= 15 is 0 Å². The number of nitrogens with zero attached hydrogens (tertiary/aromatic N) is 1. The summed E-state index contributed by atoms with van der Waals surface area (Å²) in [6.07, 6.45) is 6.99. The van der Waals surface area contributed by atoms with Crippen LogP contribution in [0.5, 0.6) is 0 Å². The van der Waals surface area contributed by atoms with Crippen LogP contribution in [-0.2, 0) is 14.3 Å². The van der Waals surface area contributed by atoms with E-state index in [9.17, 15) is 0 Å². The van der Waals surface area contributed by atoms with Gasteiger partial charge in [0.1, 0.15) is 0 Å². The molecule has 0 bridgehead atoms. The highest BCUT2D eigenvalue weighted by molar-refractivity contribution is 6.40. The van der Waals surface area contributed by atoms with E-state index in [0.29, 0.717) is 12.4 Å². The Kier molecular flexibility index (Phi) is 13.4. The van der Waals surface area contributed by atoms with Crippen LogP contribution in [0.2, 0.25) is 6.32 Å². The Morgan fingerprint density at radius 2 is 2.05 bits per heavy atom. The van der Waals surface area contributed by atoms with Gasteiger partial charge in [-0.05, 0) is 45.1 Å². The second kappa shape index (κ2) is 13.9. The Labute approximate surface area is 133 Å². The molecule has 1 fully saturated rings. The number of hydrogen-bond acceptors (Lipinski definition) is 7. The van der Waals surface area contributed by atoms with Crippen molar-refractivity contribution >= 4 is 13.3 Å². The summed E-state index contributed by atoms with van der Waals surface area (Å²) in [5.41, 5.74) is 6.11. The number of methoxy groups -OCH3 is 1. The zero-order chi connectivity index (χ0) is 16.8. The number of hydrogen-bond donors (Lipinski definition) is 3. The molecule has 1 rings (SSSR count). The Bertz CT molecular complexity index is 301. The fourth-order valence-electron chi connectivity index (χ4n) is 2.78. The SMILES string of the molecule is COC[C@@H]1CCCN1CC[C@H](N)CCCCB(O)O.O=C=O. The van der Waals surface area contributed by atoms with E-state index in [4.69, 9.17) is 30.1 Å². The van der Waals surface area contributed by atoms with Gasteiger partial charge in [0.2, 0.25) is 0 Å². The van der Waals surface area contributed by atoms with Crippen LogP contribution >= 0.6 is 0 Å². The summed E-state index contributed by atoms with van der Waals surface area (Å²) in [4.78, 5) is 18.7. The third kappa shape index (κ3) is 10.9. The molecule has 1 heterocycles. The molecule has 0 aromatic carbocycles. The van der Waals surface area contributed by atoms with Crippen LogP contribution in [0.4, 0.5) is 0 Å². The molecule has 1 saturated heterocycles. The second-order valence-electron chi connectivity index (χ2n) is 5.68. The molecule has 1 aliphatic rings. The van der Waals surface area contributed by atoms with Gasteiger partial charge in [0.15, 0.2) is 0 Å². The van der Waals surface area contributed by atoms with Crippen molar-refractivity contribution in [3.63, 3.8) is 0 Å². The molecular weight excluding hydrogens is 287 g/mol. The van der Waals surface area contributed by atoms with Gasteiger partial charge < -0.3 is 20.5 Å². The van der Waals surface area contributed by atoms with Crippen molar-refractivity contribution in [2.24, 2.45) is 5.73 Å². The molecule has 0 radical (unpaired) electrons. The lowest BCUT2D eigenvalue weighted by molar-refractivity contribution is -0.191. The smallest absolute Gasteiger partial charge is 0.427 e. The molecule has 7 nitrogen and oxygen atoms in total. The minimum atomic E-state index is -1.17. The number of ether oxygens (including phenoxy) is 1. The summed E-state index contributed by atoms with van der Waals surface area (Å²) < 4.78 is 5.24. The minimum absolute atomic E-state index is 0.222. The number of nitrogens with two attached hydrogens (primary N) is 1. The normalized spacial score (nSPS) is 19.2. The van der Waals surface area contributed by atoms with Crippen molar-refractivity contribution < 1.29 is 24.4 Å². The summed E-state index contributed by atoms with van der Waals surface area (Å²) in [7, 11) is 0.591. The summed E-state index contributed by atoms with van der Waals surface area (Å²) in [6, 6.07) is 0.793. The van der Waals surface area contributed by atoms with Crippen LogP contribution < -0.4 is 5.73 Å². The molecule has 0 unspecified atom stereocenters. The average Bonchev–Trinajstić information content (AvgIpc) is 2.90. The predicted molar refractivity (Wildman–Crippen MR) is 82.9 cm³/mol. The Hall–Kier alpha value is -0.755. The summed E-state index contributed by atoms with van der Waals surface area (Å²) in [5, 5.41) is 17.5. The fraction of sp³-hybridized carbons (Fsp3) is 0.929. The fourth-order valence-corrected chi connectivity index (χ4v) is 2.78. The lowest BCUT2D eigenvalue weighted by Gasteiger charge is -2.25. The van der Waals surface area contributed by atoms with Crippen LogP contribution in [-0.4, -0.2) is 67.1 Å². The molecule has 2 atom stereocenters. The topological polar surface area (TPSA) is 113 Å². The third-order valence-electron chi connectivity index (χ3n) is 3.93. The van der Waals surface area contributed by atoms with Crippen molar-refractivity contribution in [2.45, 2.75) is 56.9 Å². The van der Waals surface area contributed by atoms with Crippen molar-refractivity contribution in [3.8, 4) is 0 Å². The van der Waals surface area contributed by atoms with Crippen LogP contribution in [0.15, 0.2) is 0 Å². The Morgan fingerprint density at radius 1 is 1.36 bits per heavy atom. The van der Waals surface area contributed by atoms with Crippen LogP contribution in [0.25, 0.3) is 0 Å². The van der Waals surface area contributed by atoms with E-state index in [1.807, 2.05) is 0 Å². The van der Waals surface area contributed by atoms with Crippen LogP contribution in [0.3, 0.4) is 0 Å². The molecule has 0 aromatic heterocycles. The van der Waals surface area contributed by atoms with E-state index in [0.717, 1.165) is 45.4 Å². The Morgan fingerprint density at radius 3 is 2.64 bits per heavy atom. The van der Waals surface area contributed by atoms with E-state index in [-0.39, 0.29) is 12.2 Å². The van der Waals surface area contributed by atoms with Gasteiger partial charge in [0.25, 0.3) is 0 Å². The molecule has 128 valence electrons. The van der Waals surface area contributed by atoms with Gasteiger partial charge in [-0.3, -0.25) is 4.90 Å². The number of rotatable bonds is 10. The highest BCUT2D eigenvalue weighted by Crippen LogP contribution is 2.18. The highest BCUT2D eigenvalue weighted by Gasteiger charge is 2.24. The zero-order valence-corrected chi connectivity index (χ0v) is 13.4. The molecule has 0 aliphatic carbocycles. The second-order valence-corrected chi connectivity index (χ2v) is 5.68. The molecule has 8 heteroatoms. The molecule has 4 N–H and O–H groups in total. The van der Waals surface area contributed by atoms with Crippen molar-refractivity contribution in [1.29, 1.82) is 0 Å². The van der Waals surface area contributed by atoms with Gasteiger partial charge in [-0.2, -0.15) is 9.59 Å². The maximum absolute atomic E-state index is 8.75. The van der Waals surface area contributed by atoms with Gasteiger partial charge in [0, 0.05) is 19.2 Å². The number of unbranched alkanes of at least 4 members (excludes halogenated alkanes) is 1. The molecule has 22 heavy (non-hydrogen) atoms. The standard InChI is InChI=1S/C13H29BN2O3.CO2/c1-19-11-13-6-4-9-16(13)10-7-12(15)5-2-3-8-14(17)18;2-1-3/h12-13,17-18H,2-11,15H2,1H3;/t12-,13+;/m1./s1. The highest BCUT2D eigenvalue weighted by atomic mass is 16.5. The van der Waals surface area contributed by atoms with E-state index in [2.05, 4.69) is 4.90 Å². The lowest BCUT2D eigenvalue weighted by atomic mass is 9.83. The molecular formula is C14H29BN2O5. The van der Waals surface area contributed by atoms with Crippen molar-refractivity contribution in [1.82, 2.24) is 4.90 Å². The molecule has 0 saturated carbocycles. The van der Waals surface area contributed by atoms with Gasteiger partial charge in [-0.25, -0.2) is 0 Å². The first kappa shape index (κ1) is 21.2. The van der Waals surface area contributed by atoms with E-state index in [1.54, 1.807) is 7.11 Å². The molecule has 1 aliphatic heterocycles. The summed E-state index contributed by atoms with van der Waals surface area (Å²) in [6.45, 7) is 3.04. The summed E-state index contributed by atoms with van der Waals surface area (Å²) in [5.74, 6) is 0. The Balaban J connectivity index is 0.00000135. The van der Waals surface area contributed by atoms with E-state index in [1.165, 1.54) is 12.8 Å². The number of likely N-dealkylation sites (tertiary alicyclic amines) is 1. The van der Waals surface area contributed by atoms with Gasteiger partial charge in [0.05, 0.1) is 6.61 Å². The van der Waals surface area contributed by atoms with Gasteiger partial charge >= 0.3 is 13.3 Å². The number of carbonyl (C=O) groups excluding carboxylic acids is 2. The first-order valence-corrected chi connectivity index (χ1v) is 7.89. The van der Waals surface area contributed by atoms with Crippen LogP contribution in [0, 0.1) is 0 Å². The quantitative estimate of drug-likeness (QED) is 0.380. The summed E-state index contributed by atoms with van der Waals surface area (Å²) >= 11 is 0. The largest absolute Gasteiger partial charge is 0.451 e. The molecule has 0 spiro atoms. The van der Waals surface area contributed by atoms with Crippen molar-refractivity contribution in [2.75, 3.05) is 26.8 Å². The monoisotopic (exact) mass is 316 g/mol. The molecule has 0 amide bonds. The maximum Gasteiger partial charge on any atom is 0.451 e.